The van der Waals surface area contributed by atoms with E-state index in [1.165, 1.54) is 11.8 Å². The minimum Gasteiger partial charge on any atom is -0.355 e. The molecule has 0 aliphatic carbocycles. The smallest absolute Gasteiger partial charge is 0.230 e. The standard InChI is InChI=1S/C17H21N5OS/c1-3-4-7-10-18-15(23)11-24-17-20-14-9-6-5-8-13(14)16-19-12(2)21-22(16)17/h5-6,8-9H,3-4,7,10-11H2,1-2H3,(H,18,23). The Hall–Kier alpha value is -2.15. The monoisotopic (exact) mass is 343 g/mol. The summed E-state index contributed by atoms with van der Waals surface area (Å²) in [4.78, 5) is 21.1. The Morgan fingerprint density at radius 2 is 2.08 bits per heavy atom. The number of aryl methyl sites for hydroxylation is 1. The molecule has 0 atom stereocenters. The third kappa shape index (κ3) is 3.67. The zero-order valence-corrected chi connectivity index (χ0v) is 14.8. The molecule has 0 radical (unpaired) electrons. The van der Waals surface area contributed by atoms with Crippen LogP contribution in [0.25, 0.3) is 16.6 Å². The van der Waals surface area contributed by atoms with Gasteiger partial charge in [-0.25, -0.2) is 9.97 Å². The van der Waals surface area contributed by atoms with Gasteiger partial charge in [-0.05, 0) is 25.5 Å². The lowest BCUT2D eigenvalue weighted by atomic mass is 10.2. The van der Waals surface area contributed by atoms with Crippen LogP contribution >= 0.6 is 11.8 Å². The highest BCUT2D eigenvalue weighted by Crippen LogP contribution is 2.23. The van der Waals surface area contributed by atoms with E-state index in [9.17, 15) is 4.79 Å². The highest BCUT2D eigenvalue weighted by molar-refractivity contribution is 7.99. The van der Waals surface area contributed by atoms with Crippen LogP contribution in [0.3, 0.4) is 0 Å². The number of carbonyl (C=O) groups is 1. The van der Waals surface area contributed by atoms with Crippen LogP contribution < -0.4 is 5.32 Å². The van der Waals surface area contributed by atoms with Gasteiger partial charge in [-0.1, -0.05) is 43.7 Å². The van der Waals surface area contributed by atoms with Crippen LogP contribution in [0.4, 0.5) is 0 Å². The second-order valence-corrected chi connectivity index (χ2v) is 6.59. The molecule has 0 saturated carbocycles. The summed E-state index contributed by atoms with van der Waals surface area (Å²) in [5.41, 5.74) is 1.65. The first-order valence-electron chi connectivity index (χ1n) is 8.20. The zero-order valence-electron chi connectivity index (χ0n) is 14.0. The van der Waals surface area contributed by atoms with Gasteiger partial charge in [-0.2, -0.15) is 4.52 Å². The Morgan fingerprint density at radius 1 is 1.25 bits per heavy atom. The number of aromatic nitrogens is 4. The second-order valence-electron chi connectivity index (χ2n) is 5.65. The molecule has 0 aliphatic heterocycles. The molecule has 0 saturated heterocycles. The van der Waals surface area contributed by atoms with Crippen molar-refractivity contribution in [1.29, 1.82) is 0 Å². The van der Waals surface area contributed by atoms with Crippen molar-refractivity contribution in [2.75, 3.05) is 12.3 Å². The number of nitrogens with one attached hydrogen (secondary N) is 1. The first-order chi connectivity index (χ1) is 11.7. The molecule has 126 valence electrons. The van der Waals surface area contributed by atoms with Gasteiger partial charge < -0.3 is 5.32 Å². The molecular formula is C17H21N5OS. The third-order valence-electron chi connectivity index (χ3n) is 3.69. The number of para-hydroxylation sites is 1. The molecule has 6 nitrogen and oxygen atoms in total. The molecular weight excluding hydrogens is 322 g/mol. The van der Waals surface area contributed by atoms with Gasteiger partial charge in [0.15, 0.2) is 10.8 Å². The van der Waals surface area contributed by atoms with Gasteiger partial charge in [-0.3, -0.25) is 4.79 Å². The van der Waals surface area contributed by atoms with Crippen molar-refractivity contribution in [3.8, 4) is 0 Å². The van der Waals surface area contributed by atoms with Crippen molar-refractivity contribution in [2.45, 2.75) is 38.3 Å². The van der Waals surface area contributed by atoms with Gasteiger partial charge >= 0.3 is 0 Å². The normalized spacial score (nSPS) is 11.2. The van der Waals surface area contributed by atoms with Crippen LogP contribution in [0.2, 0.25) is 0 Å². The first-order valence-corrected chi connectivity index (χ1v) is 9.19. The van der Waals surface area contributed by atoms with E-state index >= 15 is 0 Å². The van der Waals surface area contributed by atoms with E-state index in [1.807, 2.05) is 31.2 Å². The molecule has 24 heavy (non-hydrogen) atoms. The third-order valence-corrected chi connectivity index (χ3v) is 4.62. The Bertz CT molecular complexity index is 861. The van der Waals surface area contributed by atoms with E-state index in [1.54, 1.807) is 4.52 Å². The van der Waals surface area contributed by atoms with Crippen LogP contribution in [0.15, 0.2) is 29.4 Å². The predicted octanol–water partition coefficient (Wildman–Crippen LogP) is 2.98. The van der Waals surface area contributed by atoms with E-state index in [0.29, 0.717) is 16.7 Å². The van der Waals surface area contributed by atoms with Crippen molar-refractivity contribution in [3.63, 3.8) is 0 Å². The molecule has 3 rings (SSSR count). The van der Waals surface area contributed by atoms with Crippen LogP contribution in [-0.2, 0) is 4.79 Å². The number of carbonyl (C=O) groups excluding carboxylic acids is 1. The first kappa shape index (κ1) is 16.7. The molecule has 0 unspecified atom stereocenters. The van der Waals surface area contributed by atoms with Crippen molar-refractivity contribution in [1.82, 2.24) is 24.9 Å². The number of amides is 1. The van der Waals surface area contributed by atoms with Gasteiger partial charge in [0.1, 0.15) is 5.82 Å². The molecule has 0 fully saturated rings. The van der Waals surface area contributed by atoms with Gasteiger partial charge in [0.25, 0.3) is 0 Å². The molecule has 1 aromatic carbocycles. The highest BCUT2D eigenvalue weighted by atomic mass is 32.2. The molecule has 1 N–H and O–H groups in total. The predicted molar refractivity (Wildman–Crippen MR) is 96.3 cm³/mol. The van der Waals surface area contributed by atoms with Crippen molar-refractivity contribution < 1.29 is 4.79 Å². The van der Waals surface area contributed by atoms with E-state index in [-0.39, 0.29) is 5.91 Å². The maximum atomic E-state index is 12.0. The Kier molecular flexibility index (Phi) is 5.30. The fourth-order valence-electron chi connectivity index (χ4n) is 2.51. The number of thioether (sulfide) groups is 1. The van der Waals surface area contributed by atoms with E-state index in [4.69, 9.17) is 0 Å². The summed E-state index contributed by atoms with van der Waals surface area (Å²) >= 11 is 1.39. The summed E-state index contributed by atoms with van der Waals surface area (Å²) in [5.74, 6) is 1.04. The number of benzene rings is 1. The van der Waals surface area contributed by atoms with Gasteiger partial charge in [-0.15, -0.1) is 5.10 Å². The van der Waals surface area contributed by atoms with Crippen molar-refractivity contribution in [2.24, 2.45) is 0 Å². The number of hydrogen-bond donors (Lipinski definition) is 1. The summed E-state index contributed by atoms with van der Waals surface area (Å²) in [7, 11) is 0. The Morgan fingerprint density at radius 3 is 2.92 bits per heavy atom. The molecule has 2 heterocycles. The number of unbranched alkanes of at least 4 members (excludes halogenated alkanes) is 2. The maximum Gasteiger partial charge on any atom is 0.230 e. The van der Waals surface area contributed by atoms with Crippen LogP contribution in [-0.4, -0.2) is 37.8 Å². The fraction of sp³-hybridized carbons (Fsp3) is 0.412. The lowest BCUT2D eigenvalue weighted by Crippen LogP contribution is -2.26. The van der Waals surface area contributed by atoms with Crippen molar-refractivity contribution in [3.05, 3.63) is 30.1 Å². The Labute approximate surface area is 145 Å². The number of fused-ring (bicyclic) bond motifs is 3. The molecule has 3 aromatic rings. The summed E-state index contributed by atoms with van der Waals surface area (Å²) in [6, 6.07) is 7.85. The molecule has 0 spiro atoms. The maximum absolute atomic E-state index is 12.0. The van der Waals surface area contributed by atoms with Gasteiger partial charge in [0.05, 0.1) is 11.3 Å². The average molecular weight is 343 g/mol. The number of nitrogens with zero attached hydrogens (tertiary/aromatic N) is 4. The molecule has 0 aliphatic rings. The number of rotatable bonds is 7. The zero-order chi connectivity index (χ0) is 16.9. The summed E-state index contributed by atoms with van der Waals surface area (Å²) in [5, 5.41) is 9.02. The largest absolute Gasteiger partial charge is 0.355 e. The highest BCUT2D eigenvalue weighted by Gasteiger charge is 2.13. The summed E-state index contributed by atoms with van der Waals surface area (Å²) in [6.45, 7) is 4.74. The quantitative estimate of drug-likeness (QED) is 0.406. The van der Waals surface area contributed by atoms with Crippen LogP contribution in [0.5, 0.6) is 0 Å². The second kappa shape index (κ2) is 7.61. The lowest BCUT2D eigenvalue weighted by molar-refractivity contribution is -0.118. The minimum atomic E-state index is 0.0241. The van der Waals surface area contributed by atoms with Crippen LogP contribution in [0, 0.1) is 6.92 Å². The van der Waals surface area contributed by atoms with E-state index in [2.05, 4.69) is 27.3 Å². The molecule has 2 aromatic heterocycles. The molecule has 1 amide bonds. The fourth-order valence-corrected chi connectivity index (χ4v) is 3.29. The van der Waals surface area contributed by atoms with Gasteiger partial charge in [0, 0.05) is 11.9 Å². The summed E-state index contributed by atoms with van der Waals surface area (Å²) < 4.78 is 1.73. The van der Waals surface area contributed by atoms with Gasteiger partial charge in [0.2, 0.25) is 5.91 Å². The SMILES string of the molecule is CCCCCNC(=O)CSc1nc2ccccc2c2nc(C)nn12. The topological polar surface area (TPSA) is 72.2 Å². The lowest BCUT2D eigenvalue weighted by Gasteiger charge is -2.07. The minimum absolute atomic E-state index is 0.0241. The number of hydrogen-bond acceptors (Lipinski definition) is 5. The molecule has 0 bridgehead atoms. The van der Waals surface area contributed by atoms with E-state index in [0.717, 1.165) is 42.4 Å². The summed E-state index contributed by atoms with van der Waals surface area (Å²) in [6.07, 6.45) is 3.31. The van der Waals surface area contributed by atoms with Crippen LogP contribution in [0.1, 0.15) is 32.0 Å². The average Bonchev–Trinajstić information content (AvgIpc) is 2.98. The van der Waals surface area contributed by atoms with Crippen molar-refractivity contribution >= 4 is 34.2 Å². The van der Waals surface area contributed by atoms with E-state index < -0.39 is 0 Å². The molecule has 7 heteroatoms. The Balaban J connectivity index is 1.77.